The molecule has 2 fully saturated rings. The van der Waals surface area contributed by atoms with E-state index < -0.39 is 0 Å². The van der Waals surface area contributed by atoms with Crippen molar-refractivity contribution in [2.24, 2.45) is 5.92 Å². The Bertz CT molecular complexity index is 791. The van der Waals surface area contributed by atoms with Crippen molar-refractivity contribution < 1.29 is 18.8 Å². The van der Waals surface area contributed by atoms with Crippen LogP contribution >= 0.6 is 0 Å². The van der Waals surface area contributed by atoms with E-state index in [1.165, 1.54) is 6.39 Å². The largest absolute Gasteiger partial charge is 0.374 e. The second-order valence-electron chi connectivity index (χ2n) is 7.44. The average Bonchev–Trinajstić information content (AvgIpc) is 3.44. The summed E-state index contributed by atoms with van der Waals surface area (Å²) < 4.78 is 10.6. The molecule has 2 aliphatic rings. The van der Waals surface area contributed by atoms with Gasteiger partial charge in [0.1, 0.15) is 0 Å². The van der Waals surface area contributed by atoms with Crippen molar-refractivity contribution in [1.82, 2.24) is 24.9 Å². The van der Waals surface area contributed by atoms with E-state index in [0.29, 0.717) is 43.9 Å². The molecule has 9 nitrogen and oxygen atoms in total. The summed E-state index contributed by atoms with van der Waals surface area (Å²) in [5.41, 5.74) is 0.645. The fourth-order valence-corrected chi connectivity index (χ4v) is 4.20. The lowest BCUT2D eigenvalue weighted by Crippen LogP contribution is -2.57. The molecule has 4 rings (SSSR count). The standard InChI is InChI=1S/C19H25N5O4/c1-23(7-5-17-21-12-28-22-17)18(25)13-2-3-16-15(10-13)24(8-9-27-16)19(26)14-4-6-20-11-14/h4,6,11-13,15-16,20H,2-3,5,7-10H2,1H3/t13-,15+,16+/m0/s1. The van der Waals surface area contributed by atoms with Crippen LogP contribution in [0.3, 0.4) is 0 Å². The van der Waals surface area contributed by atoms with Crippen molar-refractivity contribution in [2.45, 2.75) is 37.8 Å². The van der Waals surface area contributed by atoms with E-state index in [9.17, 15) is 9.59 Å². The smallest absolute Gasteiger partial charge is 0.255 e. The fraction of sp³-hybridized carbons (Fsp3) is 0.579. The summed E-state index contributed by atoms with van der Waals surface area (Å²) in [6.45, 7) is 1.63. The Labute approximate surface area is 163 Å². The number of aromatic amines is 1. The summed E-state index contributed by atoms with van der Waals surface area (Å²) in [6.07, 6.45) is 7.50. The first kappa shape index (κ1) is 18.7. The molecular weight excluding hydrogens is 362 g/mol. The van der Waals surface area contributed by atoms with Gasteiger partial charge in [-0.05, 0) is 25.3 Å². The van der Waals surface area contributed by atoms with Gasteiger partial charge in [0.2, 0.25) is 12.3 Å². The SMILES string of the molecule is CN(CCc1ncon1)C(=O)[C@H]1CC[C@H]2OCCN(C(=O)c3cc[nH]c3)[C@@H]2C1. The topological polar surface area (TPSA) is 105 Å². The number of morpholine rings is 1. The summed E-state index contributed by atoms with van der Waals surface area (Å²) in [4.78, 5) is 36.4. The van der Waals surface area contributed by atoms with E-state index in [-0.39, 0.29) is 29.9 Å². The van der Waals surface area contributed by atoms with Gasteiger partial charge in [0.25, 0.3) is 5.91 Å². The van der Waals surface area contributed by atoms with Gasteiger partial charge in [-0.15, -0.1) is 0 Å². The number of fused-ring (bicyclic) bond motifs is 1. The van der Waals surface area contributed by atoms with Gasteiger partial charge in [-0.1, -0.05) is 5.16 Å². The second kappa shape index (κ2) is 8.14. The predicted octanol–water partition coefficient (Wildman–Crippen LogP) is 1.11. The Morgan fingerprint density at radius 3 is 3.04 bits per heavy atom. The number of carbonyl (C=O) groups excluding carboxylic acids is 2. The number of ether oxygens (including phenoxy) is 1. The number of hydrogen-bond donors (Lipinski definition) is 1. The van der Waals surface area contributed by atoms with Crippen LogP contribution in [-0.4, -0.2) is 75.6 Å². The van der Waals surface area contributed by atoms with Crippen molar-refractivity contribution in [2.75, 3.05) is 26.7 Å². The molecule has 1 aliphatic carbocycles. The number of aromatic nitrogens is 3. The molecule has 2 amide bonds. The molecule has 2 aromatic rings. The third kappa shape index (κ3) is 3.80. The Kier molecular flexibility index (Phi) is 5.43. The third-order valence-electron chi connectivity index (χ3n) is 5.73. The quantitative estimate of drug-likeness (QED) is 0.824. The van der Waals surface area contributed by atoms with Crippen LogP contribution in [0.4, 0.5) is 0 Å². The lowest BCUT2D eigenvalue weighted by Gasteiger charge is -2.46. The van der Waals surface area contributed by atoms with Gasteiger partial charge in [-0.3, -0.25) is 9.59 Å². The molecule has 1 aliphatic heterocycles. The third-order valence-corrected chi connectivity index (χ3v) is 5.73. The van der Waals surface area contributed by atoms with Crippen LogP contribution in [0.25, 0.3) is 0 Å². The second-order valence-corrected chi connectivity index (χ2v) is 7.44. The number of likely N-dealkylation sites (N-methyl/N-ethyl adjacent to an activating group) is 1. The fourth-order valence-electron chi connectivity index (χ4n) is 4.20. The van der Waals surface area contributed by atoms with Crippen molar-refractivity contribution in [3.05, 3.63) is 36.2 Å². The summed E-state index contributed by atoms with van der Waals surface area (Å²) in [7, 11) is 1.80. The van der Waals surface area contributed by atoms with Crippen LogP contribution in [0, 0.1) is 5.92 Å². The molecule has 0 spiro atoms. The van der Waals surface area contributed by atoms with Crippen molar-refractivity contribution >= 4 is 11.8 Å². The van der Waals surface area contributed by atoms with Gasteiger partial charge in [0.15, 0.2) is 5.82 Å². The molecule has 150 valence electrons. The lowest BCUT2D eigenvalue weighted by molar-refractivity contribution is -0.140. The number of amides is 2. The van der Waals surface area contributed by atoms with E-state index in [2.05, 4.69) is 15.1 Å². The molecule has 0 radical (unpaired) electrons. The summed E-state index contributed by atoms with van der Waals surface area (Å²) in [5, 5.41) is 3.78. The van der Waals surface area contributed by atoms with Crippen LogP contribution in [0.5, 0.6) is 0 Å². The summed E-state index contributed by atoms with van der Waals surface area (Å²) in [5.74, 6) is 0.576. The highest BCUT2D eigenvalue weighted by Gasteiger charge is 2.42. The first-order valence-corrected chi connectivity index (χ1v) is 9.69. The minimum Gasteiger partial charge on any atom is -0.374 e. The normalized spacial score (nSPS) is 24.6. The highest BCUT2D eigenvalue weighted by molar-refractivity contribution is 5.94. The number of rotatable bonds is 5. The number of carbonyl (C=O) groups is 2. The van der Waals surface area contributed by atoms with E-state index in [4.69, 9.17) is 9.26 Å². The lowest BCUT2D eigenvalue weighted by atomic mass is 9.81. The predicted molar refractivity (Wildman–Crippen MR) is 98.3 cm³/mol. The Morgan fingerprint density at radius 1 is 1.39 bits per heavy atom. The molecule has 0 unspecified atom stereocenters. The van der Waals surface area contributed by atoms with Crippen LogP contribution in [0.2, 0.25) is 0 Å². The number of H-pyrrole nitrogens is 1. The van der Waals surface area contributed by atoms with Crippen LogP contribution in [-0.2, 0) is 16.0 Å². The van der Waals surface area contributed by atoms with Crippen LogP contribution in [0.15, 0.2) is 29.4 Å². The van der Waals surface area contributed by atoms with Crippen molar-refractivity contribution in [3.63, 3.8) is 0 Å². The maximum absolute atomic E-state index is 12.9. The molecule has 9 heteroatoms. The van der Waals surface area contributed by atoms with Gasteiger partial charge < -0.3 is 24.0 Å². The summed E-state index contributed by atoms with van der Waals surface area (Å²) in [6, 6.07) is 1.72. The Morgan fingerprint density at radius 2 is 2.29 bits per heavy atom. The van der Waals surface area contributed by atoms with Crippen LogP contribution < -0.4 is 0 Å². The zero-order valence-corrected chi connectivity index (χ0v) is 15.9. The van der Waals surface area contributed by atoms with E-state index >= 15 is 0 Å². The highest BCUT2D eigenvalue weighted by atomic mass is 16.5. The molecule has 0 aromatic carbocycles. The molecule has 1 N–H and O–H groups in total. The van der Waals surface area contributed by atoms with Gasteiger partial charge >= 0.3 is 0 Å². The van der Waals surface area contributed by atoms with Gasteiger partial charge in [-0.2, -0.15) is 4.98 Å². The van der Waals surface area contributed by atoms with E-state index in [0.717, 1.165) is 12.8 Å². The minimum absolute atomic E-state index is 0.00175. The zero-order chi connectivity index (χ0) is 19.5. The highest BCUT2D eigenvalue weighted by Crippen LogP contribution is 2.34. The molecule has 0 bridgehead atoms. The molecule has 28 heavy (non-hydrogen) atoms. The molecular formula is C19H25N5O4. The number of nitrogens with one attached hydrogen (secondary N) is 1. The molecule has 2 aromatic heterocycles. The number of hydrogen-bond acceptors (Lipinski definition) is 6. The monoisotopic (exact) mass is 387 g/mol. The van der Waals surface area contributed by atoms with E-state index in [1.54, 1.807) is 30.4 Å². The maximum Gasteiger partial charge on any atom is 0.255 e. The molecule has 3 heterocycles. The Balaban J connectivity index is 1.40. The van der Waals surface area contributed by atoms with Gasteiger partial charge in [-0.25, -0.2) is 0 Å². The van der Waals surface area contributed by atoms with Crippen molar-refractivity contribution in [3.8, 4) is 0 Å². The average molecular weight is 387 g/mol. The minimum atomic E-state index is -0.111. The van der Waals surface area contributed by atoms with Gasteiger partial charge in [0, 0.05) is 44.9 Å². The van der Waals surface area contributed by atoms with Crippen molar-refractivity contribution in [1.29, 1.82) is 0 Å². The Hall–Kier alpha value is -2.68. The molecule has 3 atom stereocenters. The van der Waals surface area contributed by atoms with E-state index in [1.807, 2.05) is 4.90 Å². The zero-order valence-electron chi connectivity index (χ0n) is 15.9. The van der Waals surface area contributed by atoms with Gasteiger partial charge in [0.05, 0.1) is 24.3 Å². The molecule has 1 saturated carbocycles. The van der Waals surface area contributed by atoms with Crippen LogP contribution in [0.1, 0.15) is 35.4 Å². The first-order chi connectivity index (χ1) is 13.6. The molecule has 1 saturated heterocycles. The first-order valence-electron chi connectivity index (χ1n) is 9.69. The maximum atomic E-state index is 12.9. The number of nitrogens with zero attached hydrogens (tertiary/aromatic N) is 4. The summed E-state index contributed by atoms with van der Waals surface area (Å²) >= 11 is 0.